The molecule has 5 nitrogen and oxygen atoms in total. The summed E-state index contributed by atoms with van der Waals surface area (Å²) in [6.45, 7) is 2.33. The molecule has 5 heteroatoms. The van der Waals surface area contributed by atoms with Gasteiger partial charge in [0, 0.05) is 49.1 Å². The number of benzene rings is 5. The molecule has 0 radical (unpaired) electrons. The molecular formula is C39H34N2O3. The van der Waals surface area contributed by atoms with E-state index in [1.165, 1.54) is 5.39 Å². The van der Waals surface area contributed by atoms with Gasteiger partial charge in [0.1, 0.15) is 0 Å². The fraction of sp³-hybridized carbons (Fsp3) is 0.256. The van der Waals surface area contributed by atoms with Crippen LogP contribution < -0.4 is 0 Å². The second-order valence-electron chi connectivity index (χ2n) is 12.6. The Balaban J connectivity index is 1.11. The minimum absolute atomic E-state index is 0.00144. The van der Waals surface area contributed by atoms with Gasteiger partial charge in [-0.1, -0.05) is 91.0 Å². The van der Waals surface area contributed by atoms with Gasteiger partial charge in [0.15, 0.2) is 5.78 Å². The predicted octanol–water partition coefficient (Wildman–Crippen LogP) is 6.99. The summed E-state index contributed by atoms with van der Waals surface area (Å²) in [4.78, 5) is 44.2. The second kappa shape index (κ2) is 10.7. The molecule has 218 valence electrons. The molecule has 2 fully saturated rings. The summed E-state index contributed by atoms with van der Waals surface area (Å²) in [6, 6.07) is 34.9. The van der Waals surface area contributed by atoms with Crippen molar-refractivity contribution in [1.82, 2.24) is 9.80 Å². The number of rotatable bonds is 4. The zero-order chi connectivity index (χ0) is 29.8. The van der Waals surface area contributed by atoms with Crippen molar-refractivity contribution in [2.75, 3.05) is 26.2 Å². The van der Waals surface area contributed by atoms with Crippen molar-refractivity contribution in [3.63, 3.8) is 0 Å². The number of piperazine rings is 1. The highest BCUT2D eigenvalue weighted by Gasteiger charge is 2.39. The van der Waals surface area contributed by atoms with Gasteiger partial charge in [0.25, 0.3) is 5.91 Å². The molecule has 2 atom stereocenters. The smallest absolute Gasteiger partial charge is 0.253 e. The number of ketones is 1. The molecule has 3 aliphatic rings. The Kier molecular flexibility index (Phi) is 6.55. The average Bonchev–Trinajstić information content (AvgIpc) is 3.94. The van der Waals surface area contributed by atoms with E-state index in [4.69, 9.17) is 0 Å². The molecule has 8 rings (SSSR count). The lowest BCUT2D eigenvalue weighted by Crippen LogP contribution is -2.51. The number of amides is 2. The number of carbonyl (C=O) groups is 3. The minimum atomic E-state index is -0.320. The first kappa shape index (κ1) is 26.8. The van der Waals surface area contributed by atoms with Gasteiger partial charge in [-0.15, -0.1) is 0 Å². The van der Waals surface area contributed by atoms with Crippen LogP contribution in [0.1, 0.15) is 62.1 Å². The van der Waals surface area contributed by atoms with E-state index in [0.717, 1.165) is 57.7 Å². The lowest BCUT2D eigenvalue weighted by Gasteiger charge is -2.35. The summed E-state index contributed by atoms with van der Waals surface area (Å²) < 4.78 is 0. The van der Waals surface area contributed by atoms with Crippen LogP contribution in [0.2, 0.25) is 0 Å². The normalized spacial score (nSPS) is 20.1. The van der Waals surface area contributed by atoms with Crippen LogP contribution >= 0.6 is 0 Å². The number of hydrogen-bond acceptors (Lipinski definition) is 3. The van der Waals surface area contributed by atoms with Gasteiger partial charge in [-0.05, 0) is 69.6 Å². The lowest BCUT2D eigenvalue weighted by molar-refractivity contribution is -0.134. The number of fused-ring (bicyclic) bond motifs is 5. The highest BCUT2D eigenvalue weighted by molar-refractivity contribution is 6.18. The van der Waals surface area contributed by atoms with Crippen LogP contribution in [0, 0.1) is 5.92 Å². The minimum Gasteiger partial charge on any atom is -0.339 e. The topological polar surface area (TPSA) is 57.7 Å². The zero-order valence-electron chi connectivity index (χ0n) is 24.6. The van der Waals surface area contributed by atoms with Gasteiger partial charge in [-0.2, -0.15) is 0 Å². The van der Waals surface area contributed by atoms with Crippen molar-refractivity contribution in [3.05, 3.63) is 131 Å². The maximum atomic E-state index is 14.6. The Morgan fingerprint density at radius 3 is 2.05 bits per heavy atom. The molecule has 1 saturated heterocycles. The second-order valence-corrected chi connectivity index (χ2v) is 12.6. The Bertz CT molecular complexity index is 1920. The lowest BCUT2D eigenvalue weighted by atomic mass is 9.68. The Labute approximate surface area is 257 Å². The van der Waals surface area contributed by atoms with E-state index in [1.807, 2.05) is 58.3 Å². The predicted molar refractivity (Wildman–Crippen MR) is 173 cm³/mol. The van der Waals surface area contributed by atoms with E-state index in [9.17, 15) is 14.4 Å². The van der Waals surface area contributed by atoms with E-state index in [0.29, 0.717) is 31.7 Å². The number of hydrogen-bond donors (Lipinski definition) is 0. The molecule has 0 aromatic heterocycles. The van der Waals surface area contributed by atoms with E-state index in [1.54, 1.807) is 0 Å². The fourth-order valence-electron chi connectivity index (χ4n) is 7.42. The molecule has 1 saturated carbocycles. The first-order valence-electron chi connectivity index (χ1n) is 15.8. The van der Waals surface area contributed by atoms with Gasteiger partial charge in [0.05, 0.1) is 5.92 Å². The van der Waals surface area contributed by atoms with Gasteiger partial charge in [-0.25, -0.2) is 0 Å². The van der Waals surface area contributed by atoms with Crippen LogP contribution in [0.15, 0.2) is 103 Å². The summed E-state index contributed by atoms with van der Waals surface area (Å²) in [7, 11) is 0. The number of Topliss-reactive ketones (excluding diaryl/α,β-unsaturated/α-hetero) is 1. The average molecular weight is 579 g/mol. The van der Waals surface area contributed by atoms with Crippen molar-refractivity contribution in [2.45, 2.75) is 31.1 Å². The largest absolute Gasteiger partial charge is 0.339 e. The van der Waals surface area contributed by atoms with Crippen molar-refractivity contribution >= 4 is 39.1 Å². The third-order valence-corrected chi connectivity index (χ3v) is 9.93. The van der Waals surface area contributed by atoms with Crippen molar-refractivity contribution in [1.29, 1.82) is 0 Å². The Morgan fingerprint density at radius 1 is 0.614 bits per heavy atom. The number of carbonyl (C=O) groups excluding carboxylic acids is 3. The monoisotopic (exact) mass is 578 g/mol. The summed E-state index contributed by atoms with van der Waals surface area (Å²) in [5, 5.41) is 4.46. The van der Waals surface area contributed by atoms with Crippen molar-refractivity contribution < 1.29 is 14.4 Å². The Hall–Kier alpha value is -4.77. The summed E-state index contributed by atoms with van der Waals surface area (Å²) in [5.74, 6) is 0.248. The molecule has 5 aromatic rings. The first-order chi connectivity index (χ1) is 21.6. The molecule has 0 spiro atoms. The molecule has 1 aliphatic heterocycles. The van der Waals surface area contributed by atoms with E-state index < -0.39 is 0 Å². The highest BCUT2D eigenvalue weighted by atomic mass is 16.2. The van der Waals surface area contributed by atoms with Crippen LogP contribution in [0.25, 0.3) is 21.5 Å². The van der Waals surface area contributed by atoms with Crippen LogP contribution in [0.4, 0.5) is 0 Å². The van der Waals surface area contributed by atoms with Crippen LogP contribution in [-0.4, -0.2) is 53.6 Å². The maximum Gasteiger partial charge on any atom is 0.253 e. The standard InChI is InChI=1S/C39H34N2O3/c42-37-35(27-7-2-1-3-8-27)34(24-30-17-18-32-31-9-5-4-6-25(31)16-19-33(32)36(30)37)26-10-12-28(13-11-26)38(43)40-20-22-41(23-21-40)39(44)29-14-15-29/h1-13,16-19,29,34-35H,14-15,20-24H2. The molecule has 0 bridgehead atoms. The van der Waals surface area contributed by atoms with Crippen LogP contribution in [0.5, 0.6) is 0 Å². The third-order valence-electron chi connectivity index (χ3n) is 9.93. The summed E-state index contributed by atoms with van der Waals surface area (Å²) in [5.41, 5.74) is 4.64. The maximum absolute atomic E-state index is 14.6. The van der Waals surface area contributed by atoms with Crippen LogP contribution in [0.3, 0.4) is 0 Å². The van der Waals surface area contributed by atoms with Gasteiger partial charge >= 0.3 is 0 Å². The van der Waals surface area contributed by atoms with Gasteiger partial charge in [0.2, 0.25) is 5.91 Å². The molecule has 2 unspecified atom stereocenters. The fourth-order valence-corrected chi connectivity index (χ4v) is 7.42. The van der Waals surface area contributed by atoms with E-state index in [2.05, 4.69) is 54.6 Å². The van der Waals surface area contributed by atoms with Crippen molar-refractivity contribution in [2.24, 2.45) is 5.92 Å². The van der Waals surface area contributed by atoms with E-state index in [-0.39, 0.29) is 35.4 Å². The quantitative estimate of drug-likeness (QED) is 0.216. The van der Waals surface area contributed by atoms with Gasteiger partial charge < -0.3 is 9.80 Å². The highest BCUT2D eigenvalue weighted by Crippen LogP contribution is 2.45. The molecule has 5 aromatic carbocycles. The first-order valence-corrected chi connectivity index (χ1v) is 15.8. The molecule has 0 N–H and O–H groups in total. The van der Waals surface area contributed by atoms with Gasteiger partial charge in [-0.3, -0.25) is 14.4 Å². The number of nitrogens with zero attached hydrogens (tertiary/aromatic N) is 2. The SMILES string of the molecule is O=C1c2c(ccc3c2ccc2ccccc23)CC(c2ccc(C(=O)N3CCN(C(=O)C4CC4)CC3)cc2)C1c1ccccc1. The zero-order valence-corrected chi connectivity index (χ0v) is 24.6. The molecule has 1 heterocycles. The molecule has 2 aliphatic carbocycles. The summed E-state index contributed by atoms with van der Waals surface area (Å²) >= 11 is 0. The molecular weight excluding hydrogens is 544 g/mol. The summed E-state index contributed by atoms with van der Waals surface area (Å²) in [6.07, 6.45) is 2.75. The van der Waals surface area contributed by atoms with Crippen LogP contribution in [-0.2, 0) is 11.2 Å². The molecule has 44 heavy (non-hydrogen) atoms. The van der Waals surface area contributed by atoms with Crippen molar-refractivity contribution in [3.8, 4) is 0 Å². The van der Waals surface area contributed by atoms with E-state index >= 15 is 0 Å². The Morgan fingerprint density at radius 2 is 1.30 bits per heavy atom. The molecule has 2 amide bonds. The third kappa shape index (κ3) is 4.59.